The summed E-state index contributed by atoms with van der Waals surface area (Å²) in [5.41, 5.74) is 7.03. The molecule has 0 aliphatic heterocycles. The van der Waals surface area contributed by atoms with E-state index < -0.39 is 0 Å². The van der Waals surface area contributed by atoms with E-state index in [1.165, 1.54) is 6.20 Å². The van der Waals surface area contributed by atoms with Gasteiger partial charge in [-0.1, -0.05) is 23.7 Å². The minimum Gasteiger partial charge on any atom is -0.384 e. The van der Waals surface area contributed by atoms with E-state index >= 15 is 0 Å². The van der Waals surface area contributed by atoms with Gasteiger partial charge in [-0.05, 0) is 29.8 Å². The maximum absolute atomic E-state index is 12.1. The second-order valence-electron chi connectivity index (χ2n) is 4.26. The molecule has 0 bridgehead atoms. The Kier molecular flexibility index (Phi) is 4.02. The van der Waals surface area contributed by atoms with Gasteiger partial charge in [0.2, 0.25) is 0 Å². The molecule has 0 fully saturated rings. The average Bonchev–Trinajstić information content (AvgIpc) is 2.41. The molecule has 5 heteroatoms. The normalized spacial score (nSPS) is 10.2. The number of anilines is 1. The Morgan fingerprint density at radius 2 is 1.95 bits per heavy atom. The van der Waals surface area contributed by atoms with Gasteiger partial charge in [-0.25, -0.2) is 4.98 Å². The summed E-state index contributed by atoms with van der Waals surface area (Å²) in [6.45, 7) is 0.514. The summed E-state index contributed by atoms with van der Waals surface area (Å²) in [7, 11) is 1.74. The van der Waals surface area contributed by atoms with Crippen molar-refractivity contribution in [1.29, 1.82) is 0 Å². The first-order valence-electron chi connectivity index (χ1n) is 5.77. The molecule has 0 unspecified atom stereocenters. The summed E-state index contributed by atoms with van der Waals surface area (Å²) >= 11 is 5.82. The van der Waals surface area contributed by atoms with Crippen LogP contribution in [0, 0.1) is 0 Å². The zero-order valence-corrected chi connectivity index (χ0v) is 11.3. The van der Waals surface area contributed by atoms with E-state index in [9.17, 15) is 4.79 Å². The van der Waals surface area contributed by atoms with E-state index in [-0.39, 0.29) is 5.91 Å². The van der Waals surface area contributed by atoms with Gasteiger partial charge < -0.3 is 10.6 Å². The highest BCUT2D eigenvalue weighted by Gasteiger charge is 2.12. The molecule has 1 heterocycles. The Bertz CT molecular complexity index is 566. The summed E-state index contributed by atoms with van der Waals surface area (Å²) in [6, 6.07) is 10.7. The molecule has 0 atom stereocenters. The van der Waals surface area contributed by atoms with Crippen LogP contribution in [0.25, 0.3) is 0 Å². The molecule has 98 valence electrons. The summed E-state index contributed by atoms with van der Waals surface area (Å²) < 4.78 is 0. The number of rotatable bonds is 3. The third-order valence-electron chi connectivity index (χ3n) is 2.71. The van der Waals surface area contributed by atoms with Crippen LogP contribution in [0.3, 0.4) is 0 Å². The third-order valence-corrected chi connectivity index (χ3v) is 2.96. The lowest BCUT2D eigenvalue weighted by molar-refractivity contribution is 0.0785. The quantitative estimate of drug-likeness (QED) is 0.937. The molecular weight excluding hydrogens is 262 g/mol. The minimum absolute atomic E-state index is 0.0950. The van der Waals surface area contributed by atoms with E-state index in [1.807, 2.05) is 12.1 Å². The molecule has 0 aliphatic carbocycles. The summed E-state index contributed by atoms with van der Waals surface area (Å²) in [5, 5.41) is 0.681. The first-order valence-corrected chi connectivity index (χ1v) is 6.15. The lowest BCUT2D eigenvalue weighted by Gasteiger charge is -2.17. The summed E-state index contributed by atoms with van der Waals surface area (Å²) in [4.78, 5) is 17.7. The van der Waals surface area contributed by atoms with E-state index in [1.54, 1.807) is 36.2 Å². The number of benzene rings is 1. The molecule has 2 aromatic rings. The van der Waals surface area contributed by atoms with Crippen molar-refractivity contribution in [2.75, 3.05) is 12.8 Å². The van der Waals surface area contributed by atoms with E-state index in [0.29, 0.717) is 22.9 Å². The monoisotopic (exact) mass is 275 g/mol. The second-order valence-corrected chi connectivity index (χ2v) is 4.70. The molecule has 0 saturated carbocycles. The second kappa shape index (κ2) is 5.71. The van der Waals surface area contributed by atoms with Crippen molar-refractivity contribution < 1.29 is 4.79 Å². The number of halogens is 1. The van der Waals surface area contributed by atoms with Crippen LogP contribution in [0.15, 0.2) is 42.6 Å². The van der Waals surface area contributed by atoms with Crippen LogP contribution in [-0.4, -0.2) is 22.8 Å². The van der Waals surface area contributed by atoms with Crippen molar-refractivity contribution in [3.63, 3.8) is 0 Å². The molecule has 2 N–H and O–H groups in total. The first-order chi connectivity index (χ1) is 9.06. The molecule has 0 radical (unpaired) electrons. The smallest absolute Gasteiger partial charge is 0.255 e. The van der Waals surface area contributed by atoms with E-state index in [2.05, 4.69) is 4.98 Å². The molecule has 4 nitrogen and oxygen atoms in total. The number of amides is 1. The Labute approximate surface area is 116 Å². The number of carbonyl (C=O) groups excluding carboxylic acids is 1. The molecule has 0 spiro atoms. The topological polar surface area (TPSA) is 59.2 Å². The van der Waals surface area contributed by atoms with Crippen molar-refractivity contribution in [3.8, 4) is 0 Å². The average molecular weight is 276 g/mol. The Morgan fingerprint density at radius 3 is 2.53 bits per heavy atom. The van der Waals surface area contributed by atoms with Gasteiger partial charge in [0.15, 0.2) is 0 Å². The minimum atomic E-state index is -0.0950. The van der Waals surface area contributed by atoms with E-state index in [0.717, 1.165) is 5.56 Å². The number of pyridine rings is 1. The van der Waals surface area contributed by atoms with E-state index in [4.69, 9.17) is 17.3 Å². The predicted octanol–water partition coefficient (Wildman–Crippen LogP) is 2.59. The van der Waals surface area contributed by atoms with Crippen LogP contribution < -0.4 is 5.73 Å². The van der Waals surface area contributed by atoms with Gasteiger partial charge in [0.05, 0.1) is 5.56 Å². The summed E-state index contributed by atoms with van der Waals surface area (Å²) in [5.74, 6) is 0.305. The van der Waals surface area contributed by atoms with Crippen LogP contribution in [0.1, 0.15) is 15.9 Å². The molecular formula is C14H14ClN3O. The van der Waals surface area contributed by atoms with Gasteiger partial charge >= 0.3 is 0 Å². The Hall–Kier alpha value is -2.07. The number of hydrogen-bond donors (Lipinski definition) is 1. The molecule has 0 aliphatic rings. The lowest BCUT2D eigenvalue weighted by atomic mass is 10.2. The fourth-order valence-corrected chi connectivity index (χ4v) is 1.81. The molecule has 1 aromatic heterocycles. The highest BCUT2D eigenvalue weighted by atomic mass is 35.5. The van der Waals surface area contributed by atoms with Gasteiger partial charge in [-0.3, -0.25) is 4.79 Å². The van der Waals surface area contributed by atoms with Crippen molar-refractivity contribution >= 4 is 23.3 Å². The van der Waals surface area contributed by atoms with Gasteiger partial charge in [-0.2, -0.15) is 0 Å². The zero-order chi connectivity index (χ0) is 13.8. The van der Waals surface area contributed by atoms with Crippen molar-refractivity contribution in [2.24, 2.45) is 0 Å². The molecule has 2 rings (SSSR count). The lowest BCUT2D eigenvalue weighted by Crippen LogP contribution is -2.26. The number of nitrogen functional groups attached to an aromatic ring is 1. The van der Waals surface area contributed by atoms with Crippen LogP contribution in [0.2, 0.25) is 5.02 Å². The zero-order valence-electron chi connectivity index (χ0n) is 10.5. The van der Waals surface area contributed by atoms with Crippen molar-refractivity contribution in [1.82, 2.24) is 9.88 Å². The Balaban J connectivity index is 2.07. The summed E-state index contributed by atoms with van der Waals surface area (Å²) in [6.07, 6.45) is 1.48. The Morgan fingerprint density at radius 1 is 1.26 bits per heavy atom. The predicted molar refractivity (Wildman–Crippen MR) is 75.9 cm³/mol. The van der Waals surface area contributed by atoms with Crippen LogP contribution in [0.4, 0.5) is 5.82 Å². The standard InChI is InChI=1S/C14H14ClN3O/c1-18(9-10-2-5-12(15)6-3-10)14(19)11-4-7-13(16)17-8-11/h2-8H,9H2,1H3,(H2,16,17). The maximum Gasteiger partial charge on any atom is 0.255 e. The fourth-order valence-electron chi connectivity index (χ4n) is 1.69. The number of nitrogens with two attached hydrogens (primary N) is 1. The van der Waals surface area contributed by atoms with Gasteiger partial charge in [0.1, 0.15) is 5.82 Å². The molecule has 19 heavy (non-hydrogen) atoms. The number of hydrogen-bond acceptors (Lipinski definition) is 3. The SMILES string of the molecule is CN(Cc1ccc(Cl)cc1)C(=O)c1ccc(N)nc1. The van der Waals surface area contributed by atoms with Crippen LogP contribution >= 0.6 is 11.6 Å². The van der Waals surface area contributed by atoms with Crippen molar-refractivity contribution in [3.05, 3.63) is 58.7 Å². The first kappa shape index (κ1) is 13.4. The number of aromatic nitrogens is 1. The van der Waals surface area contributed by atoms with Gasteiger partial charge in [0, 0.05) is 24.8 Å². The number of nitrogens with zero attached hydrogens (tertiary/aromatic N) is 2. The highest BCUT2D eigenvalue weighted by Crippen LogP contribution is 2.12. The number of carbonyl (C=O) groups is 1. The van der Waals surface area contributed by atoms with Crippen LogP contribution in [0.5, 0.6) is 0 Å². The largest absolute Gasteiger partial charge is 0.384 e. The maximum atomic E-state index is 12.1. The molecule has 1 aromatic carbocycles. The molecule has 1 amide bonds. The molecule has 0 saturated heterocycles. The third kappa shape index (κ3) is 3.45. The highest BCUT2D eigenvalue weighted by molar-refractivity contribution is 6.30. The van der Waals surface area contributed by atoms with Gasteiger partial charge in [-0.15, -0.1) is 0 Å². The van der Waals surface area contributed by atoms with Crippen LogP contribution in [-0.2, 0) is 6.54 Å². The van der Waals surface area contributed by atoms with Crippen molar-refractivity contribution in [2.45, 2.75) is 6.54 Å². The fraction of sp³-hybridized carbons (Fsp3) is 0.143. The van der Waals surface area contributed by atoms with Gasteiger partial charge in [0.25, 0.3) is 5.91 Å².